The van der Waals surface area contributed by atoms with E-state index in [1.165, 1.54) is 11.1 Å². The maximum Gasteiger partial charge on any atom is 0.0312 e. The molecule has 0 fully saturated rings. The third-order valence-electron chi connectivity index (χ3n) is 2.63. The summed E-state index contributed by atoms with van der Waals surface area (Å²) in [4.78, 5) is 4.10. The molecule has 0 radical (unpaired) electrons. The van der Waals surface area contributed by atoms with E-state index in [0.717, 1.165) is 6.54 Å². The van der Waals surface area contributed by atoms with Crippen molar-refractivity contribution in [1.82, 2.24) is 10.3 Å². The van der Waals surface area contributed by atoms with Crippen molar-refractivity contribution in [1.29, 1.82) is 0 Å². The zero-order valence-corrected chi connectivity index (χ0v) is 9.43. The van der Waals surface area contributed by atoms with Crippen molar-refractivity contribution in [3.05, 3.63) is 66.0 Å². The van der Waals surface area contributed by atoms with Crippen LogP contribution in [-0.4, -0.2) is 4.98 Å². The largest absolute Gasteiger partial charge is 0.306 e. The third kappa shape index (κ3) is 2.91. The summed E-state index contributed by atoms with van der Waals surface area (Å²) in [5.74, 6) is 0. The lowest BCUT2D eigenvalue weighted by molar-refractivity contribution is 0.574. The molecule has 2 rings (SSSR count). The van der Waals surface area contributed by atoms with Gasteiger partial charge in [0.25, 0.3) is 0 Å². The van der Waals surface area contributed by atoms with Crippen LogP contribution in [0.4, 0.5) is 0 Å². The van der Waals surface area contributed by atoms with Crippen molar-refractivity contribution in [2.45, 2.75) is 19.5 Å². The van der Waals surface area contributed by atoms with E-state index in [9.17, 15) is 0 Å². The predicted molar refractivity (Wildman–Crippen MR) is 65.9 cm³/mol. The number of pyridine rings is 1. The van der Waals surface area contributed by atoms with E-state index in [2.05, 4.69) is 47.6 Å². The van der Waals surface area contributed by atoms with Gasteiger partial charge in [-0.05, 0) is 24.1 Å². The molecule has 0 aliphatic heterocycles. The van der Waals surface area contributed by atoms with Gasteiger partial charge in [0.2, 0.25) is 0 Å². The van der Waals surface area contributed by atoms with Crippen molar-refractivity contribution in [2.75, 3.05) is 0 Å². The Hall–Kier alpha value is -1.67. The second-order valence-corrected chi connectivity index (χ2v) is 3.87. The smallest absolute Gasteiger partial charge is 0.0312 e. The highest BCUT2D eigenvalue weighted by molar-refractivity contribution is 5.18. The summed E-state index contributed by atoms with van der Waals surface area (Å²) in [5.41, 5.74) is 2.52. The normalized spacial score (nSPS) is 12.3. The predicted octanol–water partition coefficient (Wildman–Crippen LogP) is 2.93. The van der Waals surface area contributed by atoms with Crippen LogP contribution >= 0.6 is 0 Å². The van der Waals surface area contributed by atoms with Crippen molar-refractivity contribution in [3.8, 4) is 0 Å². The fourth-order valence-electron chi connectivity index (χ4n) is 1.63. The Labute approximate surface area is 96.4 Å². The Bertz CT molecular complexity index is 411. The lowest BCUT2D eigenvalue weighted by Gasteiger charge is -2.13. The molecule has 2 heteroatoms. The molecule has 0 aliphatic carbocycles. The first kappa shape index (κ1) is 10.8. The minimum Gasteiger partial charge on any atom is -0.306 e. The Kier molecular flexibility index (Phi) is 3.67. The van der Waals surface area contributed by atoms with Gasteiger partial charge < -0.3 is 5.32 Å². The van der Waals surface area contributed by atoms with Gasteiger partial charge in [0.15, 0.2) is 0 Å². The van der Waals surface area contributed by atoms with Crippen LogP contribution in [0.25, 0.3) is 0 Å². The lowest BCUT2D eigenvalue weighted by atomic mass is 10.1. The number of hydrogen-bond acceptors (Lipinski definition) is 2. The average Bonchev–Trinajstić information content (AvgIpc) is 2.38. The van der Waals surface area contributed by atoms with Crippen LogP contribution in [0.5, 0.6) is 0 Å². The van der Waals surface area contributed by atoms with E-state index in [0.29, 0.717) is 6.04 Å². The van der Waals surface area contributed by atoms with Crippen LogP contribution in [0.15, 0.2) is 54.9 Å². The highest BCUT2D eigenvalue weighted by atomic mass is 14.9. The number of benzene rings is 1. The van der Waals surface area contributed by atoms with Crippen LogP contribution in [0.1, 0.15) is 24.1 Å². The van der Waals surface area contributed by atoms with Gasteiger partial charge in [0.05, 0.1) is 0 Å². The number of hydrogen-bond donors (Lipinski definition) is 1. The number of nitrogens with one attached hydrogen (secondary N) is 1. The summed E-state index contributed by atoms with van der Waals surface area (Å²) in [6.45, 7) is 3.02. The quantitative estimate of drug-likeness (QED) is 0.842. The van der Waals surface area contributed by atoms with E-state index in [4.69, 9.17) is 0 Å². The highest BCUT2D eigenvalue weighted by Gasteiger charge is 2.03. The molecular formula is C14H16N2. The lowest BCUT2D eigenvalue weighted by Crippen LogP contribution is -2.17. The minimum atomic E-state index is 0.362. The molecule has 1 aromatic carbocycles. The summed E-state index contributed by atoms with van der Waals surface area (Å²) < 4.78 is 0. The summed E-state index contributed by atoms with van der Waals surface area (Å²) >= 11 is 0. The van der Waals surface area contributed by atoms with Crippen molar-refractivity contribution < 1.29 is 0 Å². The van der Waals surface area contributed by atoms with Gasteiger partial charge in [-0.25, -0.2) is 0 Å². The molecule has 1 aromatic heterocycles. The molecule has 0 bridgehead atoms. The van der Waals surface area contributed by atoms with Gasteiger partial charge >= 0.3 is 0 Å². The monoisotopic (exact) mass is 212 g/mol. The van der Waals surface area contributed by atoms with Crippen molar-refractivity contribution >= 4 is 0 Å². The summed E-state index contributed by atoms with van der Waals surface area (Å²) in [6.07, 6.45) is 3.69. The maximum absolute atomic E-state index is 4.10. The zero-order valence-electron chi connectivity index (χ0n) is 9.43. The van der Waals surface area contributed by atoms with Crippen LogP contribution < -0.4 is 5.32 Å². The van der Waals surface area contributed by atoms with E-state index < -0.39 is 0 Å². The molecule has 0 aliphatic rings. The Morgan fingerprint density at radius 1 is 1.12 bits per heavy atom. The molecule has 0 saturated heterocycles. The van der Waals surface area contributed by atoms with Crippen LogP contribution in [-0.2, 0) is 6.54 Å². The number of nitrogens with zero attached hydrogens (tertiary/aromatic N) is 1. The van der Waals surface area contributed by atoms with E-state index in [1.807, 2.05) is 18.3 Å². The zero-order chi connectivity index (χ0) is 11.2. The number of aromatic nitrogens is 1. The van der Waals surface area contributed by atoms with Crippen LogP contribution in [0.3, 0.4) is 0 Å². The fraction of sp³-hybridized carbons (Fsp3) is 0.214. The Morgan fingerprint density at radius 3 is 2.62 bits per heavy atom. The van der Waals surface area contributed by atoms with Gasteiger partial charge in [-0.3, -0.25) is 4.98 Å². The molecule has 0 saturated carbocycles. The first-order valence-corrected chi connectivity index (χ1v) is 5.53. The molecule has 0 amide bonds. The van der Waals surface area contributed by atoms with Gasteiger partial charge in [0, 0.05) is 25.0 Å². The van der Waals surface area contributed by atoms with E-state index in [-0.39, 0.29) is 0 Å². The first-order valence-electron chi connectivity index (χ1n) is 5.53. The first-order chi connectivity index (χ1) is 7.86. The molecule has 2 nitrogen and oxygen atoms in total. The molecule has 1 atom stereocenters. The maximum atomic E-state index is 4.10. The third-order valence-corrected chi connectivity index (χ3v) is 2.63. The van der Waals surface area contributed by atoms with Gasteiger partial charge in [-0.2, -0.15) is 0 Å². The second-order valence-electron chi connectivity index (χ2n) is 3.87. The molecule has 2 aromatic rings. The average molecular weight is 212 g/mol. The van der Waals surface area contributed by atoms with Gasteiger partial charge in [-0.1, -0.05) is 36.4 Å². The van der Waals surface area contributed by atoms with Crippen LogP contribution in [0.2, 0.25) is 0 Å². The SMILES string of the molecule is C[C@@H](NCc1cccnc1)c1ccccc1. The number of rotatable bonds is 4. The molecular weight excluding hydrogens is 196 g/mol. The van der Waals surface area contributed by atoms with Crippen molar-refractivity contribution in [2.24, 2.45) is 0 Å². The summed E-state index contributed by atoms with van der Waals surface area (Å²) in [6, 6.07) is 14.9. The summed E-state index contributed by atoms with van der Waals surface area (Å²) in [7, 11) is 0. The standard InChI is InChI=1S/C14H16N2/c1-12(14-7-3-2-4-8-14)16-11-13-6-5-9-15-10-13/h2-10,12,16H,11H2,1H3/t12-/m1/s1. The highest BCUT2D eigenvalue weighted by Crippen LogP contribution is 2.11. The second kappa shape index (κ2) is 5.42. The molecule has 16 heavy (non-hydrogen) atoms. The van der Waals surface area contributed by atoms with E-state index in [1.54, 1.807) is 6.20 Å². The molecule has 0 spiro atoms. The Morgan fingerprint density at radius 2 is 1.94 bits per heavy atom. The molecule has 0 unspecified atom stereocenters. The van der Waals surface area contributed by atoms with Gasteiger partial charge in [-0.15, -0.1) is 0 Å². The molecule has 82 valence electrons. The molecule has 1 heterocycles. The van der Waals surface area contributed by atoms with Gasteiger partial charge in [0.1, 0.15) is 0 Å². The molecule has 1 N–H and O–H groups in total. The summed E-state index contributed by atoms with van der Waals surface area (Å²) in [5, 5.41) is 3.48. The van der Waals surface area contributed by atoms with E-state index >= 15 is 0 Å². The Balaban J connectivity index is 1.92. The fourth-order valence-corrected chi connectivity index (χ4v) is 1.63. The topological polar surface area (TPSA) is 24.9 Å². The minimum absolute atomic E-state index is 0.362. The van der Waals surface area contributed by atoms with Crippen molar-refractivity contribution in [3.63, 3.8) is 0 Å². The van der Waals surface area contributed by atoms with Crippen LogP contribution in [0, 0.1) is 0 Å².